The van der Waals surface area contributed by atoms with E-state index in [-0.39, 0.29) is 0 Å². The Morgan fingerprint density at radius 3 is 2.45 bits per heavy atom. The van der Waals surface area contributed by atoms with Gasteiger partial charge < -0.3 is 0 Å². The number of aromatic nitrogens is 1. The molecule has 3 aromatic rings. The van der Waals surface area contributed by atoms with Crippen molar-refractivity contribution >= 4 is 22.5 Å². The first-order chi connectivity index (χ1) is 10.9. The molecule has 0 radical (unpaired) electrons. The average Bonchev–Trinajstić information content (AvgIpc) is 3.05. The Bertz CT molecular complexity index is 761. The van der Waals surface area contributed by atoms with Gasteiger partial charge in [0.05, 0.1) is 12.2 Å². The van der Waals surface area contributed by atoms with Gasteiger partial charge in [0.1, 0.15) is 0 Å². The molecule has 3 rings (SSSR count). The Hall–Kier alpha value is -2.59. The summed E-state index contributed by atoms with van der Waals surface area (Å²) in [4.78, 5) is 4.47. The molecule has 0 bridgehead atoms. The fourth-order valence-corrected chi connectivity index (χ4v) is 2.61. The Morgan fingerprint density at radius 2 is 1.68 bits per heavy atom. The summed E-state index contributed by atoms with van der Waals surface area (Å²) in [6, 6.07) is 20.2. The van der Waals surface area contributed by atoms with Gasteiger partial charge in [-0.2, -0.15) is 5.11 Å². The van der Waals surface area contributed by atoms with Crippen LogP contribution in [0, 0.1) is 0 Å². The van der Waals surface area contributed by atoms with Crippen molar-refractivity contribution < 1.29 is 0 Å². The molecule has 0 amide bonds. The molecule has 0 saturated carbocycles. The van der Waals surface area contributed by atoms with Gasteiger partial charge in [-0.05, 0) is 5.56 Å². The van der Waals surface area contributed by atoms with Crippen LogP contribution in [0.5, 0.6) is 0 Å². The van der Waals surface area contributed by atoms with E-state index < -0.39 is 0 Å². The topological polar surface area (TPSA) is 37.6 Å². The molecule has 0 N–H and O–H groups in total. The molecular formula is C18H15N3S. The van der Waals surface area contributed by atoms with Crippen LogP contribution in [0.3, 0.4) is 0 Å². The first-order valence-electron chi connectivity index (χ1n) is 7.02. The van der Waals surface area contributed by atoms with Crippen molar-refractivity contribution in [1.82, 2.24) is 4.98 Å². The third-order valence-corrected chi connectivity index (χ3v) is 3.74. The van der Waals surface area contributed by atoms with Gasteiger partial charge in [0, 0.05) is 10.9 Å². The molecule has 0 atom stereocenters. The van der Waals surface area contributed by atoms with Gasteiger partial charge in [0.2, 0.25) is 5.13 Å². The SMILES string of the molecule is C(=Cc1ccccc1)CN=Nc1nc(-c2ccccc2)cs1. The molecule has 1 heterocycles. The quantitative estimate of drug-likeness (QED) is 0.565. The van der Waals surface area contributed by atoms with Gasteiger partial charge in [0.15, 0.2) is 0 Å². The lowest BCUT2D eigenvalue weighted by Gasteiger charge is -1.92. The van der Waals surface area contributed by atoms with E-state index in [1.54, 1.807) is 0 Å². The fourth-order valence-electron chi connectivity index (χ4n) is 1.95. The molecule has 0 aliphatic carbocycles. The minimum absolute atomic E-state index is 0.551. The zero-order valence-electron chi connectivity index (χ0n) is 12.0. The predicted molar refractivity (Wildman–Crippen MR) is 92.4 cm³/mol. The number of hydrogen-bond acceptors (Lipinski definition) is 4. The summed E-state index contributed by atoms with van der Waals surface area (Å²) in [6.07, 6.45) is 4.03. The van der Waals surface area contributed by atoms with Crippen LogP contribution in [0.15, 0.2) is 82.3 Å². The molecule has 0 unspecified atom stereocenters. The van der Waals surface area contributed by atoms with Crippen LogP contribution in [0.2, 0.25) is 0 Å². The van der Waals surface area contributed by atoms with Crippen LogP contribution in [-0.2, 0) is 0 Å². The van der Waals surface area contributed by atoms with E-state index >= 15 is 0 Å². The van der Waals surface area contributed by atoms with E-state index in [0.29, 0.717) is 11.7 Å². The number of azo groups is 1. The summed E-state index contributed by atoms with van der Waals surface area (Å²) in [5, 5.41) is 11.0. The van der Waals surface area contributed by atoms with Gasteiger partial charge >= 0.3 is 0 Å². The van der Waals surface area contributed by atoms with Gasteiger partial charge in [-0.1, -0.05) is 72.8 Å². The highest BCUT2D eigenvalue weighted by Gasteiger charge is 2.02. The van der Waals surface area contributed by atoms with Gasteiger partial charge in [-0.15, -0.1) is 16.5 Å². The highest BCUT2D eigenvalue weighted by molar-refractivity contribution is 7.13. The molecular weight excluding hydrogens is 290 g/mol. The predicted octanol–water partition coefficient (Wildman–Crippen LogP) is 5.61. The maximum absolute atomic E-state index is 4.47. The van der Waals surface area contributed by atoms with Crippen LogP contribution in [0.1, 0.15) is 5.56 Å². The summed E-state index contributed by atoms with van der Waals surface area (Å²) in [5.74, 6) is 0. The van der Waals surface area contributed by atoms with Crippen LogP contribution in [0.25, 0.3) is 17.3 Å². The highest BCUT2D eigenvalue weighted by Crippen LogP contribution is 2.26. The minimum atomic E-state index is 0.551. The molecule has 2 aromatic carbocycles. The summed E-state index contributed by atoms with van der Waals surface area (Å²) in [7, 11) is 0. The van der Waals surface area contributed by atoms with Crippen LogP contribution < -0.4 is 0 Å². The second-order valence-electron chi connectivity index (χ2n) is 4.62. The summed E-state index contributed by atoms with van der Waals surface area (Å²) in [5.41, 5.74) is 3.21. The molecule has 0 spiro atoms. The Morgan fingerprint density at radius 1 is 0.955 bits per heavy atom. The van der Waals surface area contributed by atoms with Crippen molar-refractivity contribution in [3.05, 3.63) is 77.7 Å². The van der Waals surface area contributed by atoms with Crippen molar-refractivity contribution in [2.75, 3.05) is 6.54 Å². The lowest BCUT2D eigenvalue weighted by molar-refractivity contribution is 1.06. The lowest BCUT2D eigenvalue weighted by atomic mass is 10.2. The van der Waals surface area contributed by atoms with Crippen molar-refractivity contribution in [1.29, 1.82) is 0 Å². The molecule has 0 aliphatic heterocycles. The zero-order valence-corrected chi connectivity index (χ0v) is 12.8. The van der Waals surface area contributed by atoms with E-state index in [1.807, 2.05) is 66.1 Å². The summed E-state index contributed by atoms with van der Waals surface area (Å²) >= 11 is 1.50. The Labute approximate surface area is 133 Å². The summed E-state index contributed by atoms with van der Waals surface area (Å²) < 4.78 is 0. The molecule has 0 saturated heterocycles. The number of hydrogen-bond donors (Lipinski definition) is 0. The van der Waals surface area contributed by atoms with E-state index in [4.69, 9.17) is 0 Å². The minimum Gasteiger partial charge on any atom is -0.217 e. The van der Waals surface area contributed by atoms with Gasteiger partial charge in [-0.3, -0.25) is 0 Å². The maximum Gasteiger partial charge on any atom is 0.230 e. The van der Waals surface area contributed by atoms with Crippen LogP contribution >= 0.6 is 11.3 Å². The largest absolute Gasteiger partial charge is 0.230 e. The lowest BCUT2D eigenvalue weighted by Crippen LogP contribution is -1.75. The van der Waals surface area contributed by atoms with Gasteiger partial charge in [-0.25, -0.2) is 4.98 Å². The van der Waals surface area contributed by atoms with Crippen LogP contribution in [-0.4, -0.2) is 11.5 Å². The van der Waals surface area contributed by atoms with E-state index in [1.165, 1.54) is 16.9 Å². The Balaban J connectivity index is 1.57. The molecule has 0 fully saturated rings. The molecule has 4 heteroatoms. The van der Waals surface area contributed by atoms with Crippen molar-refractivity contribution in [3.63, 3.8) is 0 Å². The first-order valence-corrected chi connectivity index (χ1v) is 7.90. The third kappa shape index (κ3) is 3.96. The van der Waals surface area contributed by atoms with E-state index in [9.17, 15) is 0 Å². The number of thiazole rings is 1. The smallest absolute Gasteiger partial charge is 0.217 e. The van der Waals surface area contributed by atoms with E-state index in [2.05, 4.69) is 27.3 Å². The zero-order chi connectivity index (χ0) is 15.0. The average molecular weight is 305 g/mol. The van der Waals surface area contributed by atoms with Crippen molar-refractivity contribution in [2.45, 2.75) is 0 Å². The number of nitrogens with zero attached hydrogens (tertiary/aromatic N) is 3. The van der Waals surface area contributed by atoms with Crippen molar-refractivity contribution in [2.24, 2.45) is 10.2 Å². The first kappa shape index (κ1) is 14.4. The monoisotopic (exact) mass is 305 g/mol. The normalized spacial score (nSPS) is 11.5. The molecule has 108 valence electrons. The molecule has 22 heavy (non-hydrogen) atoms. The van der Waals surface area contributed by atoms with Crippen LogP contribution in [0.4, 0.5) is 5.13 Å². The highest BCUT2D eigenvalue weighted by atomic mass is 32.1. The van der Waals surface area contributed by atoms with Crippen molar-refractivity contribution in [3.8, 4) is 11.3 Å². The summed E-state index contributed by atoms with van der Waals surface area (Å²) in [6.45, 7) is 0.551. The third-order valence-electron chi connectivity index (χ3n) is 3.01. The number of rotatable bonds is 5. The van der Waals surface area contributed by atoms with Gasteiger partial charge in [0.25, 0.3) is 0 Å². The number of benzene rings is 2. The second kappa shape index (κ2) is 7.43. The van der Waals surface area contributed by atoms with E-state index in [0.717, 1.165) is 11.3 Å². The standard InChI is InChI=1S/C18H15N3S/c1-3-8-15(9-4-1)10-7-13-19-21-18-20-17(14-22-18)16-11-5-2-6-12-16/h1-12,14H,13H2. The Kier molecular flexibility index (Phi) is 4.85. The fraction of sp³-hybridized carbons (Fsp3) is 0.0556. The second-order valence-corrected chi connectivity index (χ2v) is 5.45. The molecule has 1 aromatic heterocycles. The molecule has 0 aliphatic rings. The molecule has 3 nitrogen and oxygen atoms in total. The maximum atomic E-state index is 4.47.